The summed E-state index contributed by atoms with van der Waals surface area (Å²) in [6.07, 6.45) is 5.45. The number of amides is 1. The highest BCUT2D eigenvalue weighted by Crippen LogP contribution is 2.13. The molecule has 0 saturated carbocycles. The summed E-state index contributed by atoms with van der Waals surface area (Å²) in [5, 5.41) is 12.1. The number of aliphatic hydroxyl groups is 1. The molecule has 0 saturated heterocycles. The molecule has 0 aliphatic rings. The summed E-state index contributed by atoms with van der Waals surface area (Å²) in [6, 6.07) is 1.53. The monoisotopic (exact) mass is 274 g/mol. The molecule has 4 nitrogen and oxygen atoms in total. The lowest BCUT2D eigenvalue weighted by atomic mass is 10.2. The van der Waals surface area contributed by atoms with Crippen LogP contribution in [0.1, 0.15) is 16.8 Å². The van der Waals surface area contributed by atoms with Gasteiger partial charge in [-0.05, 0) is 18.7 Å². The van der Waals surface area contributed by atoms with E-state index in [0.717, 1.165) is 5.75 Å². The van der Waals surface area contributed by atoms with Gasteiger partial charge in [-0.15, -0.1) is 0 Å². The van der Waals surface area contributed by atoms with Crippen molar-refractivity contribution >= 4 is 29.3 Å². The fourth-order valence-corrected chi connectivity index (χ4v) is 2.23. The molecule has 1 rings (SSSR count). The second-order valence-electron chi connectivity index (χ2n) is 3.49. The minimum absolute atomic E-state index is 0.0493. The summed E-state index contributed by atoms with van der Waals surface area (Å²) >= 11 is 7.50. The van der Waals surface area contributed by atoms with Crippen LogP contribution in [0.5, 0.6) is 0 Å². The van der Waals surface area contributed by atoms with Gasteiger partial charge in [0.1, 0.15) is 0 Å². The van der Waals surface area contributed by atoms with Crippen molar-refractivity contribution in [2.24, 2.45) is 0 Å². The van der Waals surface area contributed by atoms with Crippen molar-refractivity contribution in [1.82, 2.24) is 10.3 Å². The molecule has 2 N–H and O–H groups in total. The van der Waals surface area contributed by atoms with E-state index in [1.807, 2.05) is 6.26 Å². The third-order valence-electron chi connectivity index (χ3n) is 2.20. The SMILES string of the molecule is CSC[C@H](CCO)NC(=O)c1ccncc1Cl. The minimum Gasteiger partial charge on any atom is -0.396 e. The molecule has 1 aromatic rings. The molecule has 0 fully saturated rings. The van der Waals surface area contributed by atoms with Crippen LogP contribution in [0.15, 0.2) is 18.5 Å². The summed E-state index contributed by atoms with van der Waals surface area (Å²) in [4.78, 5) is 15.7. The Balaban J connectivity index is 2.67. The van der Waals surface area contributed by atoms with Crippen molar-refractivity contribution in [3.05, 3.63) is 29.0 Å². The number of aromatic nitrogens is 1. The maximum absolute atomic E-state index is 11.9. The third kappa shape index (κ3) is 4.53. The lowest BCUT2D eigenvalue weighted by Gasteiger charge is -2.16. The number of pyridine rings is 1. The number of hydrogen-bond acceptors (Lipinski definition) is 4. The Labute approximate surface area is 110 Å². The van der Waals surface area contributed by atoms with Gasteiger partial charge in [0.25, 0.3) is 5.91 Å². The molecular formula is C11H15ClN2O2S. The van der Waals surface area contributed by atoms with E-state index in [0.29, 0.717) is 17.0 Å². The Hall–Kier alpha value is -0.780. The number of aliphatic hydroxyl groups excluding tert-OH is 1. The van der Waals surface area contributed by atoms with E-state index in [1.165, 1.54) is 12.4 Å². The van der Waals surface area contributed by atoms with Crippen LogP contribution >= 0.6 is 23.4 Å². The topological polar surface area (TPSA) is 62.2 Å². The van der Waals surface area contributed by atoms with Gasteiger partial charge in [-0.1, -0.05) is 11.6 Å². The fourth-order valence-electron chi connectivity index (χ4n) is 1.38. The van der Waals surface area contributed by atoms with E-state index < -0.39 is 0 Å². The summed E-state index contributed by atoms with van der Waals surface area (Å²) in [6.45, 7) is 0.0512. The number of nitrogens with one attached hydrogen (secondary N) is 1. The number of hydrogen-bond donors (Lipinski definition) is 2. The molecule has 1 amide bonds. The zero-order valence-corrected chi connectivity index (χ0v) is 11.1. The molecule has 94 valence electrons. The van der Waals surface area contributed by atoms with Crippen molar-refractivity contribution in [2.45, 2.75) is 12.5 Å². The first-order valence-corrected chi connectivity index (χ1v) is 6.96. The quantitative estimate of drug-likeness (QED) is 0.827. The summed E-state index contributed by atoms with van der Waals surface area (Å²) in [5.74, 6) is 0.527. The van der Waals surface area contributed by atoms with Gasteiger partial charge < -0.3 is 10.4 Å². The molecule has 0 bridgehead atoms. The normalized spacial score (nSPS) is 12.2. The highest BCUT2D eigenvalue weighted by atomic mass is 35.5. The maximum Gasteiger partial charge on any atom is 0.253 e. The van der Waals surface area contributed by atoms with Crippen LogP contribution < -0.4 is 5.32 Å². The van der Waals surface area contributed by atoms with Gasteiger partial charge in [0.05, 0.1) is 10.6 Å². The van der Waals surface area contributed by atoms with Gasteiger partial charge in [0, 0.05) is 30.8 Å². The van der Waals surface area contributed by atoms with Gasteiger partial charge in [-0.2, -0.15) is 11.8 Å². The first-order valence-electron chi connectivity index (χ1n) is 5.19. The molecule has 0 aliphatic carbocycles. The van der Waals surface area contributed by atoms with Crippen molar-refractivity contribution in [3.63, 3.8) is 0 Å². The smallest absolute Gasteiger partial charge is 0.253 e. The Morgan fingerprint density at radius 2 is 2.47 bits per heavy atom. The molecule has 0 aromatic carbocycles. The fraction of sp³-hybridized carbons (Fsp3) is 0.455. The molecule has 0 unspecified atom stereocenters. The van der Waals surface area contributed by atoms with Crippen LogP contribution in [-0.2, 0) is 0 Å². The largest absolute Gasteiger partial charge is 0.396 e. The molecular weight excluding hydrogens is 260 g/mol. The standard InChI is InChI=1S/C11H15ClN2O2S/c1-17-7-8(3-5-15)14-11(16)9-2-4-13-6-10(9)12/h2,4,6,8,15H,3,5,7H2,1H3,(H,14,16)/t8-/m0/s1. The average molecular weight is 275 g/mol. The van der Waals surface area contributed by atoms with E-state index in [2.05, 4.69) is 10.3 Å². The highest BCUT2D eigenvalue weighted by molar-refractivity contribution is 7.98. The van der Waals surface area contributed by atoms with E-state index in [1.54, 1.807) is 17.8 Å². The number of carbonyl (C=O) groups excluding carboxylic acids is 1. The van der Waals surface area contributed by atoms with Gasteiger partial charge in [-0.25, -0.2) is 0 Å². The molecule has 17 heavy (non-hydrogen) atoms. The molecule has 1 aromatic heterocycles. The summed E-state index contributed by atoms with van der Waals surface area (Å²) < 4.78 is 0. The second kappa shape index (κ2) is 7.53. The Bertz CT molecular complexity index is 370. The minimum atomic E-state index is -0.232. The first-order chi connectivity index (χ1) is 8.19. The van der Waals surface area contributed by atoms with Crippen molar-refractivity contribution in [3.8, 4) is 0 Å². The van der Waals surface area contributed by atoms with Gasteiger partial charge in [0.2, 0.25) is 0 Å². The molecule has 1 heterocycles. The van der Waals surface area contributed by atoms with Crippen LogP contribution in [0.2, 0.25) is 5.02 Å². The Morgan fingerprint density at radius 1 is 1.71 bits per heavy atom. The van der Waals surface area contributed by atoms with Gasteiger partial charge >= 0.3 is 0 Å². The second-order valence-corrected chi connectivity index (χ2v) is 4.81. The zero-order chi connectivity index (χ0) is 12.7. The van der Waals surface area contributed by atoms with Crippen LogP contribution in [-0.4, -0.2) is 40.7 Å². The van der Waals surface area contributed by atoms with E-state index >= 15 is 0 Å². The predicted octanol–water partition coefficient (Wildman–Crippen LogP) is 1.58. The number of thioether (sulfide) groups is 1. The first kappa shape index (κ1) is 14.3. The number of halogens is 1. The molecule has 0 aliphatic heterocycles. The van der Waals surface area contributed by atoms with Crippen LogP contribution in [0.25, 0.3) is 0 Å². The molecule has 0 spiro atoms. The van der Waals surface area contributed by atoms with E-state index in [9.17, 15) is 4.79 Å². The van der Waals surface area contributed by atoms with E-state index in [4.69, 9.17) is 16.7 Å². The molecule has 6 heteroatoms. The average Bonchev–Trinajstić information content (AvgIpc) is 2.30. The number of nitrogens with zero attached hydrogens (tertiary/aromatic N) is 1. The zero-order valence-electron chi connectivity index (χ0n) is 9.52. The highest BCUT2D eigenvalue weighted by Gasteiger charge is 2.15. The molecule has 1 atom stereocenters. The lowest BCUT2D eigenvalue weighted by molar-refractivity contribution is 0.0935. The predicted molar refractivity (Wildman–Crippen MR) is 70.6 cm³/mol. The van der Waals surface area contributed by atoms with Crippen LogP contribution in [0.4, 0.5) is 0 Å². The summed E-state index contributed by atoms with van der Waals surface area (Å²) in [7, 11) is 0. The number of carbonyl (C=O) groups is 1. The Kier molecular flexibility index (Phi) is 6.32. The van der Waals surface area contributed by atoms with Crippen molar-refractivity contribution in [1.29, 1.82) is 0 Å². The van der Waals surface area contributed by atoms with Gasteiger partial charge in [0.15, 0.2) is 0 Å². The maximum atomic E-state index is 11.9. The number of rotatable bonds is 6. The van der Waals surface area contributed by atoms with Crippen molar-refractivity contribution in [2.75, 3.05) is 18.6 Å². The molecule has 0 radical (unpaired) electrons. The van der Waals surface area contributed by atoms with Crippen molar-refractivity contribution < 1.29 is 9.90 Å². The third-order valence-corrected chi connectivity index (χ3v) is 3.23. The van der Waals surface area contributed by atoms with Gasteiger partial charge in [-0.3, -0.25) is 9.78 Å². The van der Waals surface area contributed by atoms with Crippen LogP contribution in [0.3, 0.4) is 0 Å². The van der Waals surface area contributed by atoms with E-state index in [-0.39, 0.29) is 18.6 Å². The lowest BCUT2D eigenvalue weighted by Crippen LogP contribution is -2.37. The Morgan fingerprint density at radius 3 is 3.06 bits per heavy atom. The summed E-state index contributed by atoms with van der Waals surface area (Å²) in [5.41, 5.74) is 0.408. The van der Waals surface area contributed by atoms with Crippen LogP contribution in [0, 0.1) is 0 Å².